The smallest absolute Gasteiger partial charge is 0.235 e. The average Bonchev–Trinajstić information content (AvgIpc) is 3.08. The molecule has 1 unspecified atom stereocenters. The van der Waals surface area contributed by atoms with Gasteiger partial charge in [0.2, 0.25) is 5.91 Å². The van der Waals surface area contributed by atoms with E-state index in [0.29, 0.717) is 33.1 Å². The number of aryl methyl sites for hydroxylation is 1. The number of carbonyl (C=O) groups excluding carboxylic acids is 1. The topological polar surface area (TPSA) is 79.5 Å². The highest BCUT2D eigenvalue weighted by atomic mass is 35.5. The minimum atomic E-state index is -1.59. The molecule has 1 atom stereocenters. The first-order valence-corrected chi connectivity index (χ1v) is 11.8. The molecule has 1 fully saturated rings. The van der Waals surface area contributed by atoms with Gasteiger partial charge in [-0.2, -0.15) is 0 Å². The zero-order chi connectivity index (χ0) is 21.4. The molecule has 1 aromatic heterocycles. The van der Waals surface area contributed by atoms with Crippen molar-refractivity contribution < 1.29 is 9.00 Å². The van der Waals surface area contributed by atoms with Crippen LogP contribution < -0.4 is 14.9 Å². The van der Waals surface area contributed by atoms with Crippen molar-refractivity contribution in [3.63, 3.8) is 0 Å². The molecule has 9 heteroatoms. The summed E-state index contributed by atoms with van der Waals surface area (Å²) in [6.45, 7) is 3.05. The molecule has 0 bridgehead atoms. The second kappa shape index (κ2) is 8.47. The summed E-state index contributed by atoms with van der Waals surface area (Å²) >= 11 is 7.28. The monoisotopic (exact) mass is 460 g/mol. The van der Waals surface area contributed by atoms with Crippen molar-refractivity contribution in [2.45, 2.75) is 11.1 Å². The SMILES string of the molecule is Cc1nc(N(C)C(=O)C2CN(c3ccc(-c4cccc(Cl)c4)cc3)C2)sc1S(N)=O. The molecule has 2 aromatic carbocycles. The van der Waals surface area contributed by atoms with E-state index in [1.165, 1.54) is 16.2 Å². The summed E-state index contributed by atoms with van der Waals surface area (Å²) in [5, 5.41) is 6.70. The van der Waals surface area contributed by atoms with Gasteiger partial charge < -0.3 is 4.90 Å². The Morgan fingerprint density at radius 2 is 1.93 bits per heavy atom. The molecule has 0 saturated carbocycles. The standard InChI is InChI=1S/C21H21ClN4O2S2/c1-13-20(30(23)28)29-21(24-13)25(2)19(27)16-11-26(12-16)18-8-6-14(7-9-18)15-4-3-5-17(22)10-15/h3-10,16H,11-12,23H2,1-2H3. The van der Waals surface area contributed by atoms with Gasteiger partial charge in [-0.1, -0.05) is 47.2 Å². The van der Waals surface area contributed by atoms with E-state index in [1.54, 1.807) is 14.0 Å². The van der Waals surface area contributed by atoms with E-state index < -0.39 is 11.0 Å². The molecule has 2 N–H and O–H groups in total. The Bertz CT molecular complexity index is 1110. The molecule has 1 aliphatic heterocycles. The zero-order valence-electron chi connectivity index (χ0n) is 16.5. The van der Waals surface area contributed by atoms with E-state index >= 15 is 0 Å². The first-order valence-electron chi connectivity index (χ1n) is 9.35. The first-order chi connectivity index (χ1) is 14.3. The van der Waals surface area contributed by atoms with E-state index in [2.05, 4.69) is 34.1 Å². The number of hydrogen-bond donors (Lipinski definition) is 1. The molecule has 1 saturated heterocycles. The lowest BCUT2D eigenvalue weighted by Gasteiger charge is -2.41. The lowest BCUT2D eigenvalue weighted by Crippen LogP contribution is -2.54. The molecule has 3 aromatic rings. The maximum atomic E-state index is 12.8. The van der Waals surface area contributed by atoms with Crippen molar-refractivity contribution in [1.29, 1.82) is 0 Å². The largest absolute Gasteiger partial charge is 0.370 e. The Hall–Kier alpha value is -2.26. The summed E-state index contributed by atoms with van der Waals surface area (Å²) in [7, 11) is 0.107. The van der Waals surface area contributed by atoms with E-state index in [1.807, 2.05) is 24.3 Å². The molecular weight excluding hydrogens is 440 g/mol. The minimum absolute atomic E-state index is 0.00454. The Morgan fingerprint density at radius 3 is 2.53 bits per heavy atom. The van der Waals surface area contributed by atoms with Crippen molar-refractivity contribution in [2.24, 2.45) is 11.1 Å². The zero-order valence-corrected chi connectivity index (χ0v) is 18.9. The highest BCUT2D eigenvalue weighted by Gasteiger charge is 2.35. The number of nitrogens with zero attached hydrogens (tertiary/aromatic N) is 3. The van der Waals surface area contributed by atoms with Crippen LogP contribution in [0.2, 0.25) is 5.02 Å². The van der Waals surface area contributed by atoms with Crippen LogP contribution in [0.5, 0.6) is 0 Å². The predicted molar refractivity (Wildman–Crippen MR) is 123 cm³/mol. The van der Waals surface area contributed by atoms with Crippen LogP contribution in [-0.2, 0) is 15.8 Å². The third-order valence-electron chi connectivity index (χ3n) is 5.16. The van der Waals surface area contributed by atoms with Gasteiger partial charge >= 0.3 is 0 Å². The number of carbonyl (C=O) groups is 1. The highest BCUT2D eigenvalue weighted by molar-refractivity contribution is 7.85. The van der Waals surface area contributed by atoms with Gasteiger partial charge in [-0.25, -0.2) is 14.3 Å². The highest BCUT2D eigenvalue weighted by Crippen LogP contribution is 2.32. The number of thiazole rings is 1. The van der Waals surface area contributed by atoms with E-state index in [4.69, 9.17) is 16.7 Å². The van der Waals surface area contributed by atoms with Gasteiger partial charge in [-0.15, -0.1) is 0 Å². The fraction of sp³-hybridized carbons (Fsp3) is 0.238. The van der Waals surface area contributed by atoms with Crippen LogP contribution in [0, 0.1) is 12.8 Å². The van der Waals surface area contributed by atoms with Gasteiger partial charge in [0.1, 0.15) is 15.2 Å². The molecule has 1 amide bonds. The number of nitrogens with two attached hydrogens (primary N) is 1. The Labute approximate surface area is 186 Å². The number of aromatic nitrogens is 1. The van der Waals surface area contributed by atoms with Crippen molar-refractivity contribution >= 4 is 50.6 Å². The van der Waals surface area contributed by atoms with E-state index in [-0.39, 0.29) is 11.8 Å². The summed E-state index contributed by atoms with van der Waals surface area (Å²) < 4.78 is 12.0. The molecule has 0 aliphatic carbocycles. The fourth-order valence-electron chi connectivity index (χ4n) is 3.45. The van der Waals surface area contributed by atoms with Crippen LogP contribution in [0.1, 0.15) is 5.69 Å². The second-order valence-corrected chi connectivity index (χ2v) is 9.90. The number of benzene rings is 2. The lowest BCUT2D eigenvalue weighted by molar-refractivity contribution is -0.122. The molecular formula is C21H21ClN4O2S2. The van der Waals surface area contributed by atoms with Crippen LogP contribution in [0.15, 0.2) is 52.7 Å². The molecule has 4 rings (SSSR count). The van der Waals surface area contributed by atoms with Crippen LogP contribution in [0.3, 0.4) is 0 Å². The number of anilines is 2. The lowest BCUT2D eigenvalue weighted by atomic mass is 9.97. The fourth-order valence-corrected chi connectivity index (χ4v) is 5.29. The number of halogens is 1. The maximum absolute atomic E-state index is 12.8. The third kappa shape index (κ3) is 4.13. The molecule has 0 spiro atoms. The molecule has 6 nitrogen and oxygen atoms in total. The molecule has 2 heterocycles. The molecule has 1 aliphatic rings. The summed E-state index contributed by atoms with van der Waals surface area (Å²) in [5.74, 6) is -0.0939. The number of hydrogen-bond acceptors (Lipinski definition) is 5. The first kappa shape index (κ1) is 21.0. The van der Waals surface area contributed by atoms with E-state index in [0.717, 1.165) is 16.8 Å². The third-order valence-corrected chi connectivity index (χ3v) is 7.83. The predicted octanol–water partition coefficient (Wildman–Crippen LogP) is 3.85. The van der Waals surface area contributed by atoms with Crippen molar-refractivity contribution in [1.82, 2.24) is 4.98 Å². The Balaban J connectivity index is 1.39. The van der Waals surface area contributed by atoms with E-state index in [9.17, 15) is 9.00 Å². The van der Waals surface area contributed by atoms with Crippen LogP contribution in [0.25, 0.3) is 11.1 Å². The average molecular weight is 461 g/mol. The normalized spacial score (nSPS) is 15.0. The van der Waals surface area contributed by atoms with Crippen LogP contribution in [-0.4, -0.2) is 35.2 Å². The number of amides is 1. The summed E-state index contributed by atoms with van der Waals surface area (Å²) in [4.78, 5) is 20.9. The van der Waals surface area contributed by atoms with Gasteiger partial charge in [-0.3, -0.25) is 9.69 Å². The van der Waals surface area contributed by atoms with Crippen molar-refractivity contribution in [3.05, 3.63) is 59.2 Å². The molecule has 30 heavy (non-hydrogen) atoms. The quantitative estimate of drug-likeness (QED) is 0.627. The molecule has 0 radical (unpaired) electrons. The van der Waals surface area contributed by atoms with Gasteiger partial charge in [0.05, 0.1) is 11.6 Å². The van der Waals surface area contributed by atoms with Gasteiger partial charge in [0.25, 0.3) is 0 Å². The van der Waals surface area contributed by atoms with Crippen LogP contribution in [0.4, 0.5) is 10.8 Å². The minimum Gasteiger partial charge on any atom is -0.370 e. The molecule has 156 valence electrons. The van der Waals surface area contributed by atoms with Gasteiger partial charge in [0, 0.05) is 30.8 Å². The van der Waals surface area contributed by atoms with Crippen molar-refractivity contribution in [2.75, 3.05) is 29.9 Å². The van der Waals surface area contributed by atoms with Gasteiger partial charge in [0.15, 0.2) is 5.13 Å². The van der Waals surface area contributed by atoms with Crippen LogP contribution >= 0.6 is 22.9 Å². The summed E-state index contributed by atoms with van der Waals surface area (Å²) in [5.41, 5.74) is 3.86. The summed E-state index contributed by atoms with van der Waals surface area (Å²) in [6, 6.07) is 16.0. The summed E-state index contributed by atoms with van der Waals surface area (Å²) in [6.07, 6.45) is 0. The Morgan fingerprint density at radius 1 is 1.23 bits per heavy atom. The number of rotatable bonds is 5. The van der Waals surface area contributed by atoms with Gasteiger partial charge in [-0.05, 0) is 42.3 Å². The second-order valence-electron chi connectivity index (χ2n) is 7.22. The maximum Gasteiger partial charge on any atom is 0.235 e. The Kier molecular flexibility index (Phi) is 5.92. The van der Waals surface area contributed by atoms with Crippen molar-refractivity contribution in [3.8, 4) is 11.1 Å².